The van der Waals surface area contributed by atoms with Crippen molar-refractivity contribution in [3.05, 3.63) is 38.1 Å². The molecule has 3 rings (SSSR count). The van der Waals surface area contributed by atoms with Gasteiger partial charge in [-0.25, -0.2) is 4.98 Å². The molecule has 0 spiro atoms. The van der Waals surface area contributed by atoms with Gasteiger partial charge in [-0.1, -0.05) is 0 Å². The number of nitrogens with zero attached hydrogens (tertiary/aromatic N) is 3. The molecule has 3 nitrogen and oxygen atoms in total. The number of imidazole rings is 1. The van der Waals surface area contributed by atoms with E-state index in [9.17, 15) is 0 Å². The van der Waals surface area contributed by atoms with E-state index in [0.29, 0.717) is 5.56 Å². The van der Waals surface area contributed by atoms with Crippen molar-refractivity contribution in [2.45, 2.75) is 0 Å². The third kappa shape index (κ3) is 2.12. The molecule has 0 atom stereocenters. The highest BCUT2D eigenvalue weighted by Gasteiger charge is 2.14. The van der Waals surface area contributed by atoms with Crippen LogP contribution in [-0.2, 0) is 7.05 Å². The van der Waals surface area contributed by atoms with E-state index >= 15 is 0 Å². The van der Waals surface area contributed by atoms with Gasteiger partial charge in [-0.15, -0.1) is 11.3 Å². The monoisotopic (exact) mass is 395 g/mol. The lowest BCUT2D eigenvalue weighted by Gasteiger charge is -1.98. The van der Waals surface area contributed by atoms with Crippen molar-refractivity contribution in [1.82, 2.24) is 9.55 Å². The second-order valence-corrected chi connectivity index (χ2v) is 7.27. The van der Waals surface area contributed by atoms with Crippen LogP contribution in [0.15, 0.2) is 32.5 Å². The third-order valence-corrected chi connectivity index (χ3v) is 6.13. The van der Waals surface area contributed by atoms with Crippen LogP contribution in [0.5, 0.6) is 0 Å². The van der Waals surface area contributed by atoms with Gasteiger partial charge in [0.15, 0.2) is 5.82 Å². The van der Waals surface area contributed by atoms with Gasteiger partial charge in [-0.2, -0.15) is 5.26 Å². The molecule has 1 aromatic carbocycles. The average Bonchev–Trinajstić information content (AvgIpc) is 2.90. The molecule has 0 bridgehead atoms. The summed E-state index contributed by atoms with van der Waals surface area (Å²) in [6.45, 7) is 0. The zero-order valence-electron chi connectivity index (χ0n) is 9.82. The summed E-state index contributed by atoms with van der Waals surface area (Å²) in [4.78, 5) is 5.71. The molecule has 94 valence electrons. The molecule has 3 aromatic rings. The number of rotatable bonds is 1. The second kappa shape index (κ2) is 4.75. The van der Waals surface area contributed by atoms with Gasteiger partial charge < -0.3 is 4.57 Å². The number of halogens is 2. The Morgan fingerprint density at radius 1 is 1.32 bits per heavy atom. The molecule has 0 fully saturated rings. The van der Waals surface area contributed by atoms with E-state index in [1.807, 2.05) is 35.9 Å². The summed E-state index contributed by atoms with van der Waals surface area (Å²) < 4.78 is 4.12. The van der Waals surface area contributed by atoms with E-state index in [4.69, 9.17) is 5.26 Å². The third-order valence-electron chi connectivity index (χ3n) is 2.88. The van der Waals surface area contributed by atoms with E-state index in [1.165, 1.54) is 0 Å². The molecule has 0 saturated carbocycles. The van der Waals surface area contributed by atoms with Gasteiger partial charge >= 0.3 is 0 Å². The fourth-order valence-electron chi connectivity index (χ4n) is 1.95. The Bertz CT molecular complexity index is 807. The zero-order valence-corrected chi connectivity index (χ0v) is 13.8. The van der Waals surface area contributed by atoms with Crippen molar-refractivity contribution in [3.63, 3.8) is 0 Å². The number of aromatic nitrogens is 2. The SMILES string of the molecule is Cn1c(-c2cc(Br)c(Br)s2)nc2cc(C#N)ccc21. The quantitative estimate of drug-likeness (QED) is 0.598. The van der Waals surface area contributed by atoms with Crippen LogP contribution in [0.3, 0.4) is 0 Å². The number of thiophene rings is 1. The van der Waals surface area contributed by atoms with E-state index in [-0.39, 0.29) is 0 Å². The Hall–Kier alpha value is -1.16. The molecular weight excluding hydrogens is 390 g/mol. The van der Waals surface area contributed by atoms with Gasteiger partial charge in [0.05, 0.1) is 31.3 Å². The summed E-state index contributed by atoms with van der Waals surface area (Å²) in [7, 11) is 1.98. The lowest BCUT2D eigenvalue weighted by Crippen LogP contribution is -1.90. The maximum atomic E-state index is 8.94. The van der Waals surface area contributed by atoms with Crippen LogP contribution in [0.4, 0.5) is 0 Å². The molecule has 0 aliphatic rings. The normalized spacial score (nSPS) is 10.8. The maximum Gasteiger partial charge on any atom is 0.151 e. The van der Waals surface area contributed by atoms with Crippen molar-refractivity contribution in [2.24, 2.45) is 7.05 Å². The fourth-order valence-corrected chi connectivity index (χ4v) is 4.01. The molecule has 0 amide bonds. The summed E-state index contributed by atoms with van der Waals surface area (Å²) in [5, 5.41) is 8.94. The van der Waals surface area contributed by atoms with E-state index < -0.39 is 0 Å². The smallest absolute Gasteiger partial charge is 0.151 e. The van der Waals surface area contributed by atoms with Crippen molar-refractivity contribution in [1.29, 1.82) is 5.26 Å². The second-order valence-electron chi connectivity index (χ2n) is 4.04. The number of fused-ring (bicyclic) bond motifs is 1. The highest BCUT2D eigenvalue weighted by atomic mass is 79.9. The molecule has 6 heteroatoms. The molecule has 2 heterocycles. The number of benzene rings is 1. The highest BCUT2D eigenvalue weighted by Crippen LogP contribution is 2.38. The van der Waals surface area contributed by atoms with E-state index in [2.05, 4.69) is 42.9 Å². The van der Waals surface area contributed by atoms with Gasteiger partial charge in [0.2, 0.25) is 0 Å². The number of hydrogen-bond acceptors (Lipinski definition) is 3. The first-order valence-corrected chi connectivity index (χ1v) is 7.82. The number of aryl methyl sites for hydroxylation is 1. The van der Waals surface area contributed by atoms with Crippen LogP contribution >= 0.6 is 43.2 Å². The molecule has 0 saturated heterocycles. The first-order valence-electron chi connectivity index (χ1n) is 5.42. The predicted molar refractivity (Wildman–Crippen MR) is 84.1 cm³/mol. The van der Waals surface area contributed by atoms with E-state index in [0.717, 1.165) is 30.0 Å². The lowest BCUT2D eigenvalue weighted by atomic mass is 10.2. The summed E-state index contributed by atoms with van der Waals surface area (Å²) in [5.74, 6) is 0.904. The van der Waals surface area contributed by atoms with Gasteiger partial charge in [-0.05, 0) is 56.1 Å². The van der Waals surface area contributed by atoms with E-state index in [1.54, 1.807) is 11.3 Å². The van der Waals surface area contributed by atoms with Gasteiger partial charge in [0.1, 0.15) is 0 Å². The van der Waals surface area contributed by atoms with Crippen LogP contribution in [0, 0.1) is 11.3 Å². The largest absolute Gasteiger partial charge is 0.326 e. The molecular formula is C13H7Br2N3S. The van der Waals surface area contributed by atoms with Gasteiger partial charge in [-0.3, -0.25) is 0 Å². The number of hydrogen-bond donors (Lipinski definition) is 0. The number of nitriles is 1. The minimum atomic E-state index is 0.630. The Morgan fingerprint density at radius 3 is 2.74 bits per heavy atom. The highest BCUT2D eigenvalue weighted by molar-refractivity contribution is 9.13. The molecule has 0 aliphatic carbocycles. The first kappa shape index (κ1) is 12.9. The Kier molecular flexibility index (Phi) is 3.21. The predicted octanol–water partition coefficient (Wildman–Crippen LogP) is 4.70. The first-order chi connectivity index (χ1) is 9.10. The van der Waals surface area contributed by atoms with Crippen LogP contribution in [0.2, 0.25) is 0 Å². The molecule has 19 heavy (non-hydrogen) atoms. The van der Waals surface area contributed by atoms with Gasteiger partial charge in [0, 0.05) is 11.5 Å². The standard InChI is InChI=1S/C13H7Br2N3S/c1-18-10-3-2-7(6-16)4-9(10)17-13(18)11-5-8(14)12(15)19-11/h2-5H,1H3. The summed E-state index contributed by atoms with van der Waals surface area (Å²) in [5.41, 5.74) is 2.50. The maximum absolute atomic E-state index is 8.94. The molecule has 0 radical (unpaired) electrons. The minimum Gasteiger partial charge on any atom is -0.326 e. The van der Waals surface area contributed by atoms with Crippen LogP contribution < -0.4 is 0 Å². The van der Waals surface area contributed by atoms with Crippen LogP contribution in [0.1, 0.15) is 5.56 Å². The molecule has 0 aliphatic heterocycles. The summed E-state index contributed by atoms with van der Waals surface area (Å²) in [6, 6.07) is 9.74. The Labute approximate surface area is 130 Å². The molecule has 2 aromatic heterocycles. The average molecular weight is 397 g/mol. The summed E-state index contributed by atoms with van der Waals surface area (Å²) >= 11 is 8.61. The summed E-state index contributed by atoms with van der Waals surface area (Å²) in [6.07, 6.45) is 0. The lowest BCUT2D eigenvalue weighted by molar-refractivity contribution is 0.963. The van der Waals surface area contributed by atoms with Crippen molar-refractivity contribution in [3.8, 4) is 16.8 Å². The van der Waals surface area contributed by atoms with Crippen LogP contribution in [-0.4, -0.2) is 9.55 Å². The van der Waals surface area contributed by atoms with Crippen molar-refractivity contribution < 1.29 is 0 Å². The minimum absolute atomic E-state index is 0.630. The van der Waals surface area contributed by atoms with Crippen molar-refractivity contribution in [2.75, 3.05) is 0 Å². The Morgan fingerprint density at radius 2 is 2.11 bits per heavy atom. The molecule has 0 unspecified atom stereocenters. The molecule has 0 N–H and O–H groups in total. The van der Waals surface area contributed by atoms with Crippen molar-refractivity contribution >= 4 is 54.2 Å². The fraction of sp³-hybridized carbons (Fsp3) is 0.0769. The van der Waals surface area contributed by atoms with Crippen LogP contribution in [0.25, 0.3) is 21.7 Å². The van der Waals surface area contributed by atoms with Gasteiger partial charge in [0.25, 0.3) is 0 Å². The zero-order chi connectivity index (χ0) is 13.6. The Balaban J connectivity index is 2.25. The topological polar surface area (TPSA) is 41.6 Å².